The van der Waals surface area contributed by atoms with Crippen molar-refractivity contribution >= 4 is 0 Å². The zero-order valence-electron chi connectivity index (χ0n) is 11.6. The molecular formula is C15H26N2. The lowest BCUT2D eigenvalue weighted by Gasteiger charge is -2.23. The summed E-state index contributed by atoms with van der Waals surface area (Å²) in [5.74, 6) is 0. The van der Waals surface area contributed by atoms with Gasteiger partial charge in [-0.1, -0.05) is 37.3 Å². The van der Waals surface area contributed by atoms with Gasteiger partial charge in [0.05, 0.1) is 0 Å². The molecule has 2 heteroatoms. The van der Waals surface area contributed by atoms with Gasteiger partial charge in [-0.3, -0.25) is 0 Å². The van der Waals surface area contributed by atoms with Gasteiger partial charge in [0.25, 0.3) is 0 Å². The zero-order valence-corrected chi connectivity index (χ0v) is 11.6. The summed E-state index contributed by atoms with van der Waals surface area (Å²) in [5.41, 5.74) is 1.39. The number of hydrogen-bond acceptors (Lipinski definition) is 2. The summed E-state index contributed by atoms with van der Waals surface area (Å²) in [6, 6.07) is 11.8. The molecule has 1 rings (SSSR count). The molecule has 0 aliphatic rings. The average molecular weight is 234 g/mol. The van der Waals surface area contributed by atoms with Crippen LogP contribution in [0.4, 0.5) is 0 Å². The molecule has 1 unspecified atom stereocenters. The highest BCUT2D eigenvalue weighted by molar-refractivity contribution is 5.18. The predicted octanol–water partition coefficient (Wildman–Crippen LogP) is 3.07. The molecule has 1 N–H and O–H groups in total. The van der Waals surface area contributed by atoms with Crippen molar-refractivity contribution in [2.75, 3.05) is 20.1 Å². The lowest BCUT2D eigenvalue weighted by Crippen LogP contribution is -2.35. The molecule has 0 radical (unpaired) electrons. The summed E-state index contributed by atoms with van der Waals surface area (Å²) in [6.07, 6.45) is 1.13. The molecule has 1 atom stereocenters. The Morgan fingerprint density at radius 1 is 1.18 bits per heavy atom. The van der Waals surface area contributed by atoms with Crippen LogP contribution in [0.3, 0.4) is 0 Å². The molecule has 2 nitrogen and oxygen atoms in total. The SMILES string of the molecule is CCC(NCCN(C)C(C)C)c1ccccc1. The maximum absolute atomic E-state index is 3.63. The monoisotopic (exact) mass is 234 g/mol. The fourth-order valence-corrected chi connectivity index (χ4v) is 1.86. The van der Waals surface area contributed by atoms with Gasteiger partial charge >= 0.3 is 0 Å². The van der Waals surface area contributed by atoms with Gasteiger partial charge in [-0.25, -0.2) is 0 Å². The second-order valence-electron chi connectivity index (χ2n) is 4.90. The highest BCUT2D eigenvalue weighted by atomic mass is 15.1. The first-order valence-corrected chi connectivity index (χ1v) is 6.63. The fraction of sp³-hybridized carbons (Fsp3) is 0.600. The van der Waals surface area contributed by atoms with E-state index in [0.29, 0.717) is 12.1 Å². The van der Waals surface area contributed by atoms with Crippen molar-refractivity contribution in [2.24, 2.45) is 0 Å². The predicted molar refractivity (Wildman–Crippen MR) is 75.2 cm³/mol. The standard InChI is InChI=1S/C15H26N2/c1-5-15(14-9-7-6-8-10-14)16-11-12-17(4)13(2)3/h6-10,13,15-16H,5,11-12H2,1-4H3. The number of hydrogen-bond donors (Lipinski definition) is 1. The van der Waals surface area contributed by atoms with Crippen molar-refractivity contribution in [3.05, 3.63) is 35.9 Å². The molecule has 0 amide bonds. The van der Waals surface area contributed by atoms with Gasteiger partial charge in [0.2, 0.25) is 0 Å². The fourth-order valence-electron chi connectivity index (χ4n) is 1.86. The van der Waals surface area contributed by atoms with Crippen LogP contribution in [0.25, 0.3) is 0 Å². The van der Waals surface area contributed by atoms with Gasteiger partial charge < -0.3 is 10.2 Å². The van der Waals surface area contributed by atoms with E-state index >= 15 is 0 Å². The van der Waals surface area contributed by atoms with Crippen LogP contribution in [0.1, 0.15) is 38.8 Å². The summed E-state index contributed by atoms with van der Waals surface area (Å²) in [5, 5.41) is 3.63. The van der Waals surface area contributed by atoms with E-state index in [9.17, 15) is 0 Å². The molecule has 0 aliphatic heterocycles. The molecular weight excluding hydrogens is 208 g/mol. The lowest BCUT2D eigenvalue weighted by atomic mass is 10.0. The van der Waals surface area contributed by atoms with E-state index in [2.05, 4.69) is 68.4 Å². The van der Waals surface area contributed by atoms with E-state index in [1.807, 2.05) is 0 Å². The van der Waals surface area contributed by atoms with Gasteiger partial charge in [-0.2, -0.15) is 0 Å². The third-order valence-corrected chi connectivity index (χ3v) is 3.35. The van der Waals surface area contributed by atoms with Crippen LogP contribution < -0.4 is 5.32 Å². The molecule has 1 aromatic carbocycles. The molecule has 0 bridgehead atoms. The molecule has 0 fully saturated rings. The van der Waals surface area contributed by atoms with Crippen LogP contribution in [0.5, 0.6) is 0 Å². The summed E-state index contributed by atoms with van der Waals surface area (Å²) in [7, 11) is 2.18. The van der Waals surface area contributed by atoms with Crippen molar-refractivity contribution in [3.63, 3.8) is 0 Å². The van der Waals surface area contributed by atoms with Crippen molar-refractivity contribution < 1.29 is 0 Å². The molecule has 0 aromatic heterocycles. The van der Waals surface area contributed by atoms with Crippen LogP contribution in [-0.2, 0) is 0 Å². The van der Waals surface area contributed by atoms with Gasteiger partial charge in [-0.15, -0.1) is 0 Å². The molecule has 0 aliphatic carbocycles. The van der Waals surface area contributed by atoms with E-state index in [1.54, 1.807) is 0 Å². The first-order chi connectivity index (χ1) is 8.15. The largest absolute Gasteiger partial charge is 0.309 e. The van der Waals surface area contributed by atoms with E-state index in [1.165, 1.54) is 5.56 Å². The topological polar surface area (TPSA) is 15.3 Å². The zero-order chi connectivity index (χ0) is 12.7. The number of nitrogens with zero attached hydrogens (tertiary/aromatic N) is 1. The normalized spacial score (nSPS) is 13.3. The van der Waals surface area contributed by atoms with Crippen LogP contribution >= 0.6 is 0 Å². The van der Waals surface area contributed by atoms with Crippen LogP contribution in [0, 0.1) is 0 Å². The minimum atomic E-state index is 0.483. The Labute approximate surface area is 106 Å². The Balaban J connectivity index is 2.39. The Hall–Kier alpha value is -0.860. The Kier molecular flexibility index (Phi) is 6.23. The van der Waals surface area contributed by atoms with Crippen molar-refractivity contribution in [1.29, 1.82) is 0 Å². The highest BCUT2D eigenvalue weighted by Gasteiger charge is 2.08. The molecule has 0 spiro atoms. The second-order valence-corrected chi connectivity index (χ2v) is 4.90. The molecule has 96 valence electrons. The van der Waals surface area contributed by atoms with Crippen LogP contribution in [0.2, 0.25) is 0 Å². The number of benzene rings is 1. The number of rotatable bonds is 7. The van der Waals surface area contributed by atoms with Gasteiger partial charge in [0.1, 0.15) is 0 Å². The third kappa shape index (κ3) is 4.88. The number of likely N-dealkylation sites (N-methyl/N-ethyl adjacent to an activating group) is 1. The summed E-state index contributed by atoms with van der Waals surface area (Å²) in [4.78, 5) is 2.37. The average Bonchev–Trinajstić information content (AvgIpc) is 2.35. The molecule has 0 heterocycles. The maximum Gasteiger partial charge on any atom is 0.0318 e. The Bertz CT molecular complexity index is 295. The summed E-state index contributed by atoms with van der Waals surface area (Å²) < 4.78 is 0. The molecule has 17 heavy (non-hydrogen) atoms. The van der Waals surface area contributed by atoms with Gasteiger partial charge in [-0.05, 0) is 32.9 Å². The van der Waals surface area contributed by atoms with Crippen LogP contribution in [0.15, 0.2) is 30.3 Å². The third-order valence-electron chi connectivity index (χ3n) is 3.35. The Morgan fingerprint density at radius 2 is 1.82 bits per heavy atom. The van der Waals surface area contributed by atoms with Crippen molar-refractivity contribution in [1.82, 2.24) is 10.2 Å². The van der Waals surface area contributed by atoms with Crippen molar-refractivity contribution in [2.45, 2.75) is 39.3 Å². The lowest BCUT2D eigenvalue weighted by molar-refractivity contribution is 0.268. The minimum Gasteiger partial charge on any atom is -0.309 e. The first kappa shape index (κ1) is 14.2. The van der Waals surface area contributed by atoms with Crippen LogP contribution in [-0.4, -0.2) is 31.1 Å². The highest BCUT2D eigenvalue weighted by Crippen LogP contribution is 2.15. The Morgan fingerprint density at radius 3 is 2.35 bits per heavy atom. The first-order valence-electron chi connectivity index (χ1n) is 6.63. The summed E-state index contributed by atoms with van der Waals surface area (Å²) in [6.45, 7) is 8.84. The maximum atomic E-state index is 3.63. The molecule has 0 saturated carbocycles. The summed E-state index contributed by atoms with van der Waals surface area (Å²) >= 11 is 0. The van der Waals surface area contributed by atoms with E-state index < -0.39 is 0 Å². The minimum absolute atomic E-state index is 0.483. The molecule has 1 aromatic rings. The van der Waals surface area contributed by atoms with Gasteiger partial charge in [0.15, 0.2) is 0 Å². The second kappa shape index (κ2) is 7.46. The quantitative estimate of drug-likeness (QED) is 0.780. The van der Waals surface area contributed by atoms with E-state index in [4.69, 9.17) is 0 Å². The van der Waals surface area contributed by atoms with Crippen molar-refractivity contribution in [3.8, 4) is 0 Å². The van der Waals surface area contributed by atoms with E-state index in [0.717, 1.165) is 19.5 Å². The van der Waals surface area contributed by atoms with E-state index in [-0.39, 0.29) is 0 Å². The molecule has 0 saturated heterocycles. The number of nitrogens with one attached hydrogen (secondary N) is 1. The van der Waals surface area contributed by atoms with Gasteiger partial charge in [0, 0.05) is 25.2 Å². The smallest absolute Gasteiger partial charge is 0.0318 e.